The fourth-order valence-corrected chi connectivity index (χ4v) is 4.35. The average molecular weight is 428 g/mol. The second-order valence-corrected chi connectivity index (χ2v) is 9.27. The summed E-state index contributed by atoms with van der Waals surface area (Å²) in [5, 5.41) is 0. The summed E-state index contributed by atoms with van der Waals surface area (Å²) in [4.78, 5) is 2.43. The molecule has 0 saturated carbocycles. The predicted molar refractivity (Wildman–Crippen MR) is 133 cm³/mol. The van der Waals surface area contributed by atoms with Gasteiger partial charge in [-0.05, 0) is 64.9 Å². The summed E-state index contributed by atoms with van der Waals surface area (Å²) in [7, 11) is 1.70. The van der Waals surface area contributed by atoms with Gasteiger partial charge < -0.3 is 14.4 Å². The van der Waals surface area contributed by atoms with E-state index in [0.717, 1.165) is 17.2 Å². The molecule has 1 aliphatic rings. The van der Waals surface area contributed by atoms with Crippen molar-refractivity contribution in [3.05, 3.63) is 101 Å². The Kier molecular flexibility index (Phi) is 6.27. The molecule has 3 aromatic rings. The highest BCUT2D eigenvalue weighted by molar-refractivity contribution is 5.65. The lowest BCUT2D eigenvalue weighted by Gasteiger charge is -2.34. The van der Waals surface area contributed by atoms with Crippen LogP contribution in [-0.4, -0.2) is 20.3 Å². The predicted octanol–water partition coefficient (Wildman–Crippen LogP) is 6.98. The average Bonchev–Trinajstić information content (AvgIpc) is 2.95. The summed E-state index contributed by atoms with van der Waals surface area (Å²) in [5.74, 6) is 1.83. The molecule has 32 heavy (non-hydrogen) atoms. The number of rotatable bonds is 5. The minimum Gasteiger partial charge on any atom is -0.497 e. The zero-order valence-corrected chi connectivity index (χ0v) is 19.8. The van der Waals surface area contributed by atoms with Crippen molar-refractivity contribution in [2.45, 2.75) is 39.2 Å². The topological polar surface area (TPSA) is 21.7 Å². The maximum Gasteiger partial charge on any atom is 0.119 e. The van der Waals surface area contributed by atoms with Gasteiger partial charge in [0.25, 0.3) is 0 Å². The molecule has 0 radical (unpaired) electrons. The number of anilines is 1. The van der Waals surface area contributed by atoms with Gasteiger partial charge in [0.2, 0.25) is 0 Å². The van der Waals surface area contributed by atoms with Crippen molar-refractivity contribution in [2.24, 2.45) is 0 Å². The van der Waals surface area contributed by atoms with Crippen LogP contribution in [0.3, 0.4) is 0 Å². The Balaban J connectivity index is 1.86. The van der Waals surface area contributed by atoms with E-state index in [1.165, 1.54) is 22.3 Å². The molecule has 4 rings (SSSR count). The van der Waals surface area contributed by atoms with Gasteiger partial charge in [0.15, 0.2) is 0 Å². The van der Waals surface area contributed by atoms with Gasteiger partial charge in [-0.1, -0.05) is 69.3 Å². The van der Waals surface area contributed by atoms with Crippen molar-refractivity contribution >= 4 is 11.8 Å². The molecule has 1 heterocycles. The maximum atomic E-state index is 6.06. The Hall–Kier alpha value is -3.20. The normalized spacial score (nSPS) is 16.1. The molecule has 3 nitrogen and oxygen atoms in total. The molecule has 0 fully saturated rings. The second kappa shape index (κ2) is 9.12. The van der Waals surface area contributed by atoms with Gasteiger partial charge in [-0.3, -0.25) is 0 Å². The van der Waals surface area contributed by atoms with Crippen LogP contribution in [-0.2, 0) is 10.2 Å². The summed E-state index contributed by atoms with van der Waals surface area (Å²) in [6, 6.07) is 26.1. The first kappa shape index (κ1) is 22.0. The Morgan fingerprint density at radius 1 is 0.906 bits per heavy atom. The molecule has 1 aliphatic heterocycles. The lowest BCUT2D eigenvalue weighted by atomic mass is 9.85. The van der Waals surface area contributed by atoms with E-state index in [1.807, 2.05) is 19.1 Å². The summed E-state index contributed by atoms with van der Waals surface area (Å²) < 4.78 is 11.5. The van der Waals surface area contributed by atoms with E-state index in [1.54, 1.807) is 7.11 Å². The number of hydrogen-bond donors (Lipinski definition) is 0. The zero-order chi connectivity index (χ0) is 22.7. The third-order valence-corrected chi connectivity index (χ3v) is 6.07. The van der Waals surface area contributed by atoms with Crippen LogP contribution >= 0.6 is 0 Å². The second-order valence-electron chi connectivity index (χ2n) is 9.27. The summed E-state index contributed by atoms with van der Waals surface area (Å²) in [5.41, 5.74) is 6.36. The van der Waals surface area contributed by atoms with Gasteiger partial charge in [0.05, 0.1) is 26.3 Å². The van der Waals surface area contributed by atoms with E-state index in [9.17, 15) is 0 Å². The van der Waals surface area contributed by atoms with Crippen LogP contribution in [0.25, 0.3) is 6.08 Å². The Morgan fingerprint density at radius 2 is 1.59 bits per heavy atom. The van der Waals surface area contributed by atoms with E-state index in [2.05, 4.69) is 92.4 Å². The quantitative estimate of drug-likeness (QED) is 0.438. The summed E-state index contributed by atoms with van der Waals surface area (Å²) in [6.45, 7) is 10.1. The highest BCUT2D eigenvalue weighted by Gasteiger charge is 2.29. The van der Waals surface area contributed by atoms with Crippen molar-refractivity contribution in [1.29, 1.82) is 0 Å². The molecule has 0 aliphatic carbocycles. The third kappa shape index (κ3) is 4.52. The van der Waals surface area contributed by atoms with Gasteiger partial charge in [0.1, 0.15) is 11.5 Å². The fourth-order valence-electron chi connectivity index (χ4n) is 4.35. The number of ether oxygens (including phenoxy) is 2. The lowest BCUT2D eigenvalue weighted by molar-refractivity contribution is 0.228. The highest BCUT2D eigenvalue weighted by Crippen LogP contribution is 2.39. The standard InChI is InChI=1S/C29H33NO2/c1-6-32-26-19-22-9-7-8-10-27(22)28(21-11-13-23(14-12-21)29(2,3)4)30(20-26)24-15-17-25(31-5)18-16-24/h7-19,28H,6,20H2,1-5H3. The maximum absolute atomic E-state index is 6.06. The Morgan fingerprint density at radius 3 is 2.22 bits per heavy atom. The van der Waals surface area contributed by atoms with Crippen LogP contribution in [0.2, 0.25) is 0 Å². The monoisotopic (exact) mass is 427 g/mol. The molecule has 0 N–H and O–H groups in total. The van der Waals surface area contributed by atoms with Crippen LogP contribution < -0.4 is 9.64 Å². The van der Waals surface area contributed by atoms with Crippen molar-refractivity contribution in [3.63, 3.8) is 0 Å². The molecule has 3 heteroatoms. The van der Waals surface area contributed by atoms with Crippen molar-refractivity contribution in [2.75, 3.05) is 25.2 Å². The van der Waals surface area contributed by atoms with Crippen LogP contribution in [0.15, 0.2) is 78.6 Å². The minimum absolute atomic E-state index is 0.0721. The van der Waals surface area contributed by atoms with Crippen LogP contribution in [0.4, 0.5) is 5.69 Å². The molecule has 1 atom stereocenters. The van der Waals surface area contributed by atoms with E-state index in [-0.39, 0.29) is 11.5 Å². The molecule has 166 valence electrons. The SMILES string of the molecule is CCOC1=Cc2ccccc2C(c2ccc(C(C)(C)C)cc2)N(c2ccc(OC)cc2)C1. The molecule has 1 unspecified atom stereocenters. The zero-order valence-electron chi connectivity index (χ0n) is 19.8. The molecule has 0 aromatic heterocycles. The first-order valence-corrected chi connectivity index (χ1v) is 11.3. The third-order valence-electron chi connectivity index (χ3n) is 6.07. The van der Waals surface area contributed by atoms with Crippen LogP contribution in [0.5, 0.6) is 5.75 Å². The lowest BCUT2D eigenvalue weighted by Crippen LogP contribution is -2.31. The highest BCUT2D eigenvalue weighted by atomic mass is 16.5. The summed E-state index contributed by atoms with van der Waals surface area (Å²) >= 11 is 0. The largest absolute Gasteiger partial charge is 0.497 e. The van der Waals surface area contributed by atoms with E-state index < -0.39 is 0 Å². The first-order valence-electron chi connectivity index (χ1n) is 11.3. The number of nitrogens with zero attached hydrogens (tertiary/aromatic N) is 1. The van der Waals surface area contributed by atoms with E-state index in [4.69, 9.17) is 9.47 Å². The van der Waals surface area contributed by atoms with E-state index >= 15 is 0 Å². The van der Waals surface area contributed by atoms with Crippen LogP contribution in [0, 0.1) is 0 Å². The van der Waals surface area contributed by atoms with Gasteiger partial charge in [-0.2, -0.15) is 0 Å². The molecule has 0 spiro atoms. The molecule has 0 saturated heterocycles. The fraction of sp³-hybridized carbons (Fsp3) is 0.310. The molecular formula is C29H33NO2. The molecule has 3 aromatic carbocycles. The first-order chi connectivity index (χ1) is 15.4. The Bertz CT molecular complexity index is 1080. The number of benzene rings is 3. The van der Waals surface area contributed by atoms with Crippen molar-refractivity contribution < 1.29 is 9.47 Å². The number of fused-ring (bicyclic) bond motifs is 1. The van der Waals surface area contributed by atoms with Crippen molar-refractivity contribution in [1.82, 2.24) is 0 Å². The van der Waals surface area contributed by atoms with Gasteiger partial charge in [-0.25, -0.2) is 0 Å². The summed E-state index contributed by atoms with van der Waals surface area (Å²) in [6.07, 6.45) is 2.19. The van der Waals surface area contributed by atoms with E-state index in [0.29, 0.717) is 13.2 Å². The van der Waals surface area contributed by atoms with Gasteiger partial charge in [-0.15, -0.1) is 0 Å². The molecular weight excluding hydrogens is 394 g/mol. The Labute approximate surface area is 192 Å². The molecule has 0 amide bonds. The van der Waals surface area contributed by atoms with Gasteiger partial charge >= 0.3 is 0 Å². The smallest absolute Gasteiger partial charge is 0.119 e. The van der Waals surface area contributed by atoms with Gasteiger partial charge in [0, 0.05) is 5.69 Å². The van der Waals surface area contributed by atoms with Crippen LogP contribution in [0.1, 0.15) is 56.0 Å². The molecule has 0 bridgehead atoms. The van der Waals surface area contributed by atoms with Crippen molar-refractivity contribution in [3.8, 4) is 5.75 Å². The number of hydrogen-bond acceptors (Lipinski definition) is 3. The minimum atomic E-state index is 0.0721. The number of methoxy groups -OCH3 is 1.